The Hall–Kier alpha value is -1.75. The second kappa shape index (κ2) is 9.23. The first-order chi connectivity index (χ1) is 10.1. The zero-order chi connectivity index (χ0) is 15.7. The third-order valence-corrected chi connectivity index (χ3v) is 3.37. The second-order valence-electron chi connectivity index (χ2n) is 4.89. The Morgan fingerprint density at radius 2 is 2.00 bits per heavy atom. The summed E-state index contributed by atoms with van der Waals surface area (Å²) in [7, 11) is 1.58. The molecule has 1 aromatic carbocycles. The number of nitrogens with one attached hydrogen (secondary N) is 1. The Kier molecular flexibility index (Phi) is 7.61. The second-order valence-corrected chi connectivity index (χ2v) is 4.89. The normalized spacial score (nSPS) is 10.5. The molecule has 0 bridgehead atoms. The quantitative estimate of drug-likeness (QED) is 0.729. The molecule has 1 amide bonds. The van der Waals surface area contributed by atoms with Crippen LogP contribution in [0, 0.1) is 0 Å². The minimum atomic E-state index is -0.116. The summed E-state index contributed by atoms with van der Waals surface area (Å²) in [5.74, 6) is 1.07. The average molecular weight is 294 g/mol. The monoisotopic (exact) mass is 294 g/mol. The lowest BCUT2D eigenvalue weighted by Crippen LogP contribution is -2.37. The van der Waals surface area contributed by atoms with Gasteiger partial charge in [0.1, 0.15) is 0 Å². The first-order valence-corrected chi connectivity index (χ1v) is 7.43. The molecule has 3 N–H and O–H groups in total. The number of hydrogen-bond donors (Lipinski definition) is 2. The number of carbonyl (C=O) groups excluding carboxylic acids is 1. The largest absolute Gasteiger partial charge is 0.493 e. The Bertz CT molecular complexity index is 445. The highest BCUT2D eigenvalue weighted by Crippen LogP contribution is 2.28. The Labute approximate surface area is 126 Å². The number of nitrogens with two attached hydrogens (primary N) is 1. The van der Waals surface area contributed by atoms with Crippen LogP contribution in [0.2, 0.25) is 0 Å². The maximum absolute atomic E-state index is 11.9. The summed E-state index contributed by atoms with van der Waals surface area (Å²) < 4.78 is 10.8. The van der Waals surface area contributed by atoms with E-state index in [-0.39, 0.29) is 18.6 Å². The molecule has 0 aliphatic carbocycles. The van der Waals surface area contributed by atoms with E-state index in [1.807, 2.05) is 18.2 Å². The van der Waals surface area contributed by atoms with Gasteiger partial charge in [0.2, 0.25) is 0 Å². The fraction of sp³-hybridized carbons (Fsp3) is 0.562. The molecule has 118 valence electrons. The minimum absolute atomic E-state index is 0.0149. The van der Waals surface area contributed by atoms with Crippen LogP contribution in [-0.4, -0.2) is 32.2 Å². The van der Waals surface area contributed by atoms with E-state index in [0.717, 1.165) is 24.8 Å². The van der Waals surface area contributed by atoms with Crippen molar-refractivity contribution in [2.24, 2.45) is 5.73 Å². The van der Waals surface area contributed by atoms with Gasteiger partial charge in [-0.15, -0.1) is 0 Å². The van der Waals surface area contributed by atoms with Crippen LogP contribution in [0.4, 0.5) is 0 Å². The van der Waals surface area contributed by atoms with Crippen molar-refractivity contribution in [1.82, 2.24) is 5.32 Å². The summed E-state index contributed by atoms with van der Waals surface area (Å²) in [5, 5.41) is 2.94. The van der Waals surface area contributed by atoms with Crippen molar-refractivity contribution in [3.63, 3.8) is 0 Å². The summed E-state index contributed by atoms with van der Waals surface area (Å²) in [6, 6.07) is 5.85. The van der Waals surface area contributed by atoms with Gasteiger partial charge in [0, 0.05) is 6.04 Å². The maximum Gasteiger partial charge on any atom is 0.258 e. The molecule has 0 unspecified atom stereocenters. The van der Waals surface area contributed by atoms with Crippen molar-refractivity contribution >= 4 is 5.91 Å². The van der Waals surface area contributed by atoms with Crippen molar-refractivity contribution in [3.05, 3.63) is 23.8 Å². The van der Waals surface area contributed by atoms with E-state index in [0.29, 0.717) is 18.0 Å². The van der Waals surface area contributed by atoms with Crippen molar-refractivity contribution in [2.45, 2.75) is 39.2 Å². The molecule has 21 heavy (non-hydrogen) atoms. The number of carbonyl (C=O) groups is 1. The van der Waals surface area contributed by atoms with Crippen LogP contribution in [0.25, 0.3) is 0 Å². The van der Waals surface area contributed by atoms with Crippen LogP contribution in [0.5, 0.6) is 11.5 Å². The number of hydrogen-bond acceptors (Lipinski definition) is 4. The molecule has 0 aliphatic heterocycles. The fourth-order valence-corrected chi connectivity index (χ4v) is 2.06. The molecule has 0 atom stereocenters. The molecule has 0 heterocycles. The van der Waals surface area contributed by atoms with Crippen molar-refractivity contribution in [3.8, 4) is 11.5 Å². The lowest BCUT2D eigenvalue weighted by atomic mass is 10.1. The molecule has 0 saturated carbocycles. The molecule has 0 radical (unpaired) electrons. The van der Waals surface area contributed by atoms with Gasteiger partial charge in [-0.05, 0) is 43.5 Å². The van der Waals surface area contributed by atoms with Crippen molar-refractivity contribution in [1.29, 1.82) is 0 Å². The third-order valence-electron chi connectivity index (χ3n) is 3.37. The zero-order valence-electron chi connectivity index (χ0n) is 13.1. The van der Waals surface area contributed by atoms with E-state index in [9.17, 15) is 4.79 Å². The predicted molar refractivity (Wildman–Crippen MR) is 83.8 cm³/mol. The fourth-order valence-electron chi connectivity index (χ4n) is 2.06. The number of benzene rings is 1. The van der Waals surface area contributed by atoms with E-state index < -0.39 is 0 Å². The first kappa shape index (κ1) is 17.3. The molecule has 0 saturated heterocycles. The topological polar surface area (TPSA) is 73.6 Å². The molecule has 5 nitrogen and oxygen atoms in total. The molecule has 0 aromatic heterocycles. The number of rotatable bonds is 9. The van der Waals surface area contributed by atoms with Gasteiger partial charge < -0.3 is 20.5 Å². The molecule has 0 aliphatic rings. The Morgan fingerprint density at radius 1 is 1.29 bits per heavy atom. The molecule has 0 fully saturated rings. The van der Waals surface area contributed by atoms with Gasteiger partial charge in [-0.1, -0.05) is 19.9 Å². The average Bonchev–Trinajstić information content (AvgIpc) is 2.51. The number of amides is 1. The van der Waals surface area contributed by atoms with Crippen LogP contribution in [0.15, 0.2) is 18.2 Å². The molecule has 1 aromatic rings. The Balaban J connectivity index is 2.64. The Morgan fingerprint density at radius 3 is 2.57 bits per heavy atom. The first-order valence-electron chi connectivity index (χ1n) is 7.43. The van der Waals surface area contributed by atoms with Crippen molar-refractivity contribution < 1.29 is 14.3 Å². The molecule has 0 spiro atoms. The molecular formula is C16H26N2O3. The molecule has 5 heteroatoms. The van der Waals surface area contributed by atoms with Gasteiger partial charge in [-0.25, -0.2) is 0 Å². The molecule has 1 rings (SSSR count). The third kappa shape index (κ3) is 5.63. The lowest BCUT2D eigenvalue weighted by Gasteiger charge is -2.16. The van der Waals surface area contributed by atoms with Crippen molar-refractivity contribution in [2.75, 3.05) is 20.3 Å². The van der Waals surface area contributed by atoms with E-state index in [1.165, 1.54) is 0 Å². The lowest BCUT2D eigenvalue weighted by molar-refractivity contribution is -0.123. The summed E-state index contributed by atoms with van der Waals surface area (Å²) >= 11 is 0. The summed E-state index contributed by atoms with van der Waals surface area (Å²) in [4.78, 5) is 11.9. The van der Waals surface area contributed by atoms with E-state index in [4.69, 9.17) is 15.2 Å². The summed E-state index contributed by atoms with van der Waals surface area (Å²) in [6.45, 7) is 4.66. The van der Waals surface area contributed by atoms with Crippen LogP contribution in [-0.2, 0) is 11.2 Å². The minimum Gasteiger partial charge on any atom is -0.493 e. The van der Waals surface area contributed by atoms with Gasteiger partial charge in [-0.3, -0.25) is 4.79 Å². The SMILES string of the molecule is CCC(CC)NC(=O)COc1cc(CCN)ccc1OC. The predicted octanol–water partition coefficient (Wildman–Crippen LogP) is 1.88. The van der Waals surface area contributed by atoms with Crippen LogP contribution >= 0.6 is 0 Å². The van der Waals surface area contributed by atoms with E-state index in [2.05, 4.69) is 19.2 Å². The van der Waals surface area contributed by atoms with Gasteiger partial charge in [0.15, 0.2) is 18.1 Å². The molecular weight excluding hydrogens is 268 g/mol. The standard InChI is InChI=1S/C16H26N2O3/c1-4-13(5-2)18-16(19)11-21-15-10-12(8-9-17)6-7-14(15)20-3/h6-7,10,13H,4-5,8-9,11,17H2,1-3H3,(H,18,19). The van der Waals surface area contributed by atoms with Gasteiger partial charge >= 0.3 is 0 Å². The number of ether oxygens (including phenoxy) is 2. The van der Waals surface area contributed by atoms with Gasteiger partial charge in [0.25, 0.3) is 5.91 Å². The van der Waals surface area contributed by atoms with Crippen LogP contribution in [0.1, 0.15) is 32.3 Å². The highest BCUT2D eigenvalue weighted by Gasteiger charge is 2.11. The van der Waals surface area contributed by atoms with Crippen LogP contribution in [0.3, 0.4) is 0 Å². The van der Waals surface area contributed by atoms with E-state index in [1.54, 1.807) is 7.11 Å². The number of methoxy groups -OCH3 is 1. The van der Waals surface area contributed by atoms with Gasteiger partial charge in [-0.2, -0.15) is 0 Å². The summed E-state index contributed by atoms with van der Waals surface area (Å²) in [6.07, 6.45) is 2.59. The highest BCUT2D eigenvalue weighted by molar-refractivity contribution is 5.77. The zero-order valence-corrected chi connectivity index (χ0v) is 13.1. The van der Waals surface area contributed by atoms with Crippen LogP contribution < -0.4 is 20.5 Å². The smallest absolute Gasteiger partial charge is 0.258 e. The van der Waals surface area contributed by atoms with Gasteiger partial charge in [0.05, 0.1) is 7.11 Å². The van der Waals surface area contributed by atoms with E-state index >= 15 is 0 Å². The maximum atomic E-state index is 11.9. The summed E-state index contributed by atoms with van der Waals surface area (Å²) in [5.41, 5.74) is 6.62. The highest BCUT2D eigenvalue weighted by atomic mass is 16.5.